The Bertz CT molecular complexity index is 978. The van der Waals surface area contributed by atoms with Crippen LogP contribution in [0, 0.1) is 10.1 Å². The number of nitro groups is 1. The maximum Gasteiger partial charge on any atom is 0.277 e. The topological polar surface area (TPSA) is 91.3 Å². The van der Waals surface area contributed by atoms with Crippen molar-refractivity contribution in [2.75, 3.05) is 5.73 Å². The van der Waals surface area contributed by atoms with Crippen molar-refractivity contribution in [1.82, 2.24) is 4.98 Å². The third-order valence-corrected chi connectivity index (χ3v) is 4.26. The fourth-order valence-corrected chi connectivity index (χ4v) is 3.20. The highest BCUT2D eigenvalue weighted by molar-refractivity contribution is 5.95. The number of benzene rings is 2. The monoisotopic (exact) mass is 351 g/mol. The Morgan fingerprint density at radius 3 is 2.46 bits per heavy atom. The van der Waals surface area contributed by atoms with Gasteiger partial charge in [0.05, 0.1) is 10.3 Å². The fraction of sp³-hybridized carbons (Fsp3) is 0.250. The van der Waals surface area contributed by atoms with E-state index >= 15 is 0 Å². The lowest BCUT2D eigenvalue weighted by Crippen LogP contribution is -2.19. The summed E-state index contributed by atoms with van der Waals surface area (Å²) in [5.74, 6) is 1.09. The Kier molecular flexibility index (Phi) is 4.50. The van der Waals surface area contributed by atoms with Gasteiger partial charge in [-0.2, -0.15) is 0 Å². The molecule has 6 heteroatoms. The first-order chi connectivity index (χ1) is 12.3. The fourth-order valence-electron chi connectivity index (χ4n) is 3.20. The lowest BCUT2D eigenvalue weighted by molar-refractivity contribution is -0.383. The molecule has 2 N–H and O–H groups in total. The Hall–Kier alpha value is -3.15. The summed E-state index contributed by atoms with van der Waals surface area (Å²) < 4.78 is 6.02. The van der Waals surface area contributed by atoms with E-state index < -0.39 is 0 Å². The van der Waals surface area contributed by atoms with E-state index in [0.717, 1.165) is 11.1 Å². The number of ether oxygens (including phenoxy) is 1. The highest BCUT2D eigenvalue weighted by atomic mass is 16.6. The minimum absolute atomic E-state index is 0.0662. The predicted molar refractivity (Wildman–Crippen MR) is 102 cm³/mol. The molecular weight excluding hydrogens is 330 g/mol. The van der Waals surface area contributed by atoms with Gasteiger partial charge >= 0.3 is 0 Å². The Morgan fingerprint density at radius 2 is 1.81 bits per heavy atom. The number of nitrogen functional groups attached to an aromatic ring is 1. The van der Waals surface area contributed by atoms with Gasteiger partial charge in [-0.15, -0.1) is 0 Å². The van der Waals surface area contributed by atoms with Crippen LogP contribution >= 0.6 is 0 Å². The molecule has 26 heavy (non-hydrogen) atoms. The number of hydrogen-bond acceptors (Lipinski definition) is 5. The lowest BCUT2D eigenvalue weighted by Gasteiger charge is -2.24. The van der Waals surface area contributed by atoms with Crippen LogP contribution < -0.4 is 10.5 Å². The van der Waals surface area contributed by atoms with Crippen LogP contribution in [-0.4, -0.2) is 9.91 Å². The van der Waals surface area contributed by atoms with Crippen molar-refractivity contribution in [3.8, 4) is 5.75 Å². The van der Waals surface area contributed by atoms with Crippen molar-refractivity contribution < 1.29 is 9.66 Å². The van der Waals surface area contributed by atoms with Crippen LogP contribution in [0.25, 0.3) is 10.8 Å². The molecule has 0 saturated heterocycles. The van der Waals surface area contributed by atoms with E-state index in [9.17, 15) is 10.1 Å². The van der Waals surface area contributed by atoms with Gasteiger partial charge in [0.2, 0.25) is 0 Å². The second kappa shape index (κ2) is 6.63. The smallest absolute Gasteiger partial charge is 0.277 e. The van der Waals surface area contributed by atoms with Crippen molar-refractivity contribution in [1.29, 1.82) is 0 Å². The summed E-state index contributed by atoms with van der Waals surface area (Å²) in [4.78, 5) is 15.0. The second-order valence-corrected chi connectivity index (χ2v) is 7.15. The number of non-ortho nitro benzene ring substituents is 1. The number of hydrogen-bond donors (Lipinski definition) is 1. The van der Waals surface area contributed by atoms with E-state index in [-0.39, 0.29) is 16.0 Å². The Balaban J connectivity index is 1.99. The summed E-state index contributed by atoms with van der Waals surface area (Å²) in [6.45, 7) is 6.53. The molecule has 6 nitrogen and oxygen atoms in total. The highest BCUT2D eigenvalue weighted by Gasteiger charge is 2.22. The number of rotatable bonds is 4. The summed E-state index contributed by atoms with van der Waals surface area (Å²) in [5, 5.41) is 12.5. The molecule has 134 valence electrons. The van der Waals surface area contributed by atoms with Crippen LogP contribution in [-0.2, 0) is 12.0 Å². The number of aromatic nitrogens is 1. The van der Waals surface area contributed by atoms with Crippen LogP contribution in [0.1, 0.15) is 31.9 Å². The van der Waals surface area contributed by atoms with Crippen LogP contribution in [0.5, 0.6) is 5.75 Å². The molecule has 0 aliphatic rings. The molecule has 0 unspecified atom stereocenters. The van der Waals surface area contributed by atoms with E-state index in [1.807, 2.05) is 18.2 Å². The molecule has 0 atom stereocenters. The first kappa shape index (κ1) is 17.7. The van der Waals surface area contributed by atoms with Crippen molar-refractivity contribution >= 4 is 22.3 Å². The van der Waals surface area contributed by atoms with Gasteiger partial charge in [-0.3, -0.25) is 10.1 Å². The quantitative estimate of drug-likeness (QED) is 0.548. The van der Waals surface area contributed by atoms with Gasteiger partial charge in [-0.1, -0.05) is 39.0 Å². The number of nitrogens with two attached hydrogens (primary N) is 1. The molecule has 0 spiro atoms. The van der Waals surface area contributed by atoms with Gasteiger partial charge in [0, 0.05) is 23.2 Å². The summed E-state index contributed by atoms with van der Waals surface area (Å²) >= 11 is 0. The SMILES string of the molecule is CC(C)(C)c1c(COc2ccc([N+](=O)[O-])c3ccccc23)ccnc1N. The third kappa shape index (κ3) is 3.31. The maximum absolute atomic E-state index is 11.2. The average Bonchev–Trinajstić information content (AvgIpc) is 2.58. The molecule has 3 aromatic rings. The molecule has 0 bridgehead atoms. The van der Waals surface area contributed by atoms with E-state index in [1.54, 1.807) is 24.4 Å². The van der Waals surface area contributed by atoms with E-state index in [0.29, 0.717) is 28.9 Å². The van der Waals surface area contributed by atoms with E-state index in [2.05, 4.69) is 25.8 Å². The maximum atomic E-state index is 11.2. The van der Waals surface area contributed by atoms with Gasteiger partial charge in [0.1, 0.15) is 18.2 Å². The zero-order chi connectivity index (χ0) is 18.9. The molecule has 0 fully saturated rings. The number of nitro benzene ring substituents is 1. The number of fused-ring (bicyclic) bond motifs is 1. The summed E-state index contributed by atoms with van der Waals surface area (Å²) in [6, 6.07) is 12.2. The number of pyridine rings is 1. The van der Waals surface area contributed by atoms with Crippen LogP contribution in [0.15, 0.2) is 48.7 Å². The molecule has 0 aliphatic carbocycles. The first-order valence-corrected chi connectivity index (χ1v) is 8.32. The van der Waals surface area contributed by atoms with Gasteiger partial charge in [0.25, 0.3) is 5.69 Å². The predicted octanol–water partition coefficient (Wildman–Crippen LogP) is 4.60. The van der Waals surface area contributed by atoms with Gasteiger partial charge in [-0.05, 0) is 29.2 Å². The van der Waals surface area contributed by atoms with Gasteiger partial charge < -0.3 is 10.5 Å². The van der Waals surface area contributed by atoms with Crippen molar-refractivity contribution in [3.05, 3.63) is 69.9 Å². The molecule has 0 aliphatic heterocycles. The lowest BCUT2D eigenvalue weighted by atomic mass is 9.84. The molecular formula is C20H21N3O3. The number of nitrogens with zero attached hydrogens (tertiary/aromatic N) is 2. The first-order valence-electron chi connectivity index (χ1n) is 8.32. The van der Waals surface area contributed by atoms with E-state index in [4.69, 9.17) is 10.5 Å². The molecule has 2 aromatic carbocycles. The second-order valence-electron chi connectivity index (χ2n) is 7.15. The molecule has 1 heterocycles. The van der Waals surface area contributed by atoms with Crippen molar-refractivity contribution in [2.24, 2.45) is 0 Å². The van der Waals surface area contributed by atoms with Crippen molar-refractivity contribution in [3.63, 3.8) is 0 Å². The van der Waals surface area contributed by atoms with Crippen LogP contribution in [0.4, 0.5) is 11.5 Å². The van der Waals surface area contributed by atoms with Crippen LogP contribution in [0.3, 0.4) is 0 Å². The highest BCUT2D eigenvalue weighted by Crippen LogP contribution is 2.34. The largest absolute Gasteiger partial charge is 0.488 e. The standard InChI is InChI=1S/C20H21N3O3/c1-20(2,3)18-13(10-11-22-19(18)21)12-26-17-9-8-16(23(24)25)14-6-4-5-7-15(14)17/h4-11H,12H2,1-3H3,(H2,21,22). The summed E-state index contributed by atoms with van der Waals surface area (Å²) in [7, 11) is 0. The Labute approximate surface area is 151 Å². The van der Waals surface area contributed by atoms with Gasteiger partial charge in [-0.25, -0.2) is 4.98 Å². The molecule has 3 rings (SSSR count). The van der Waals surface area contributed by atoms with Gasteiger partial charge in [0.15, 0.2) is 0 Å². The van der Waals surface area contributed by atoms with Crippen molar-refractivity contribution in [2.45, 2.75) is 32.8 Å². The Morgan fingerprint density at radius 1 is 1.12 bits per heavy atom. The number of anilines is 1. The zero-order valence-corrected chi connectivity index (χ0v) is 15.0. The average molecular weight is 351 g/mol. The zero-order valence-electron chi connectivity index (χ0n) is 15.0. The molecule has 0 saturated carbocycles. The minimum Gasteiger partial charge on any atom is -0.488 e. The minimum atomic E-state index is -0.382. The molecule has 0 amide bonds. The van der Waals surface area contributed by atoms with Crippen LogP contribution in [0.2, 0.25) is 0 Å². The van der Waals surface area contributed by atoms with E-state index in [1.165, 1.54) is 6.07 Å². The molecule has 0 radical (unpaired) electrons. The summed E-state index contributed by atoms with van der Waals surface area (Å²) in [5.41, 5.74) is 7.87. The summed E-state index contributed by atoms with van der Waals surface area (Å²) in [6.07, 6.45) is 1.66. The normalized spacial score (nSPS) is 11.5. The third-order valence-electron chi connectivity index (χ3n) is 4.26. The molecule has 1 aromatic heterocycles.